The lowest BCUT2D eigenvalue weighted by Crippen LogP contribution is -2.34. The highest BCUT2D eigenvalue weighted by molar-refractivity contribution is 6.01. The van der Waals surface area contributed by atoms with Gasteiger partial charge < -0.3 is 23.7 Å². The Kier molecular flexibility index (Phi) is 8.24. The summed E-state index contributed by atoms with van der Waals surface area (Å²) in [5.41, 5.74) is 7.66. The Bertz CT molecular complexity index is 1920. The maximum atomic E-state index is 13.4. The summed E-state index contributed by atoms with van der Waals surface area (Å²) in [6.07, 6.45) is 5.15. The number of carbonyl (C=O) groups is 1. The molecule has 49 heavy (non-hydrogen) atoms. The first kappa shape index (κ1) is 31.7. The molecule has 6 bridgehead atoms. The smallest absolute Gasteiger partial charge is 0.204 e. The lowest BCUT2D eigenvalue weighted by atomic mass is 9.87. The quantitative estimate of drug-likeness (QED) is 0.202. The molecule has 4 aromatic rings. The average molecular weight is 661 g/mol. The van der Waals surface area contributed by atoms with Crippen LogP contribution in [0.15, 0.2) is 60.7 Å². The molecule has 4 aliphatic heterocycles. The number of ether oxygens (including phenoxy) is 5. The van der Waals surface area contributed by atoms with Gasteiger partial charge in [-0.1, -0.05) is 18.2 Å². The predicted molar refractivity (Wildman–Crippen MR) is 188 cm³/mol. The molecule has 0 amide bonds. The number of Topliss-reactive ketones (excluding diaryl/α,β-unsaturated/α-hetero) is 1. The molecule has 254 valence electrons. The Hall–Kier alpha value is -4.53. The van der Waals surface area contributed by atoms with Gasteiger partial charge in [-0.2, -0.15) is 0 Å². The maximum Gasteiger partial charge on any atom is 0.204 e. The van der Waals surface area contributed by atoms with E-state index in [1.54, 1.807) is 21.3 Å². The van der Waals surface area contributed by atoms with Crippen LogP contribution in [-0.4, -0.2) is 64.1 Å². The molecule has 4 aromatic carbocycles. The maximum absolute atomic E-state index is 13.4. The highest BCUT2D eigenvalue weighted by Gasteiger charge is 2.36. The van der Waals surface area contributed by atoms with Crippen molar-refractivity contribution in [3.63, 3.8) is 0 Å². The van der Waals surface area contributed by atoms with Crippen LogP contribution in [0, 0.1) is 5.92 Å². The molecule has 0 aromatic heterocycles. The minimum atomic E-state index is -0.0444. The van der Waals surface area contributed by atoms with E-state index in [9.17, 15) is 4.79 Å². The molecule has 0 N–H and O–H groups in total. The van der Waals surface area contributed by atoms with E-state index in [-0.39, 0.29) is 23.8 Å². The van der Waals surface area contributed by atoms with E-state index in [1.807, 2.05) is 18.2 Å². The topological polar surface area (TPSA) is 69.7 Å². The van der Waals surface area contributed by atoms with E-state index < -0.39 is 0 Å². The molecule has 1 aliphatic carbocycles. The average Bonchev–Trinajstić information content (AvgIpc) is 3.96. The first-order valence-corrected chi connectivity index (χ1v) is 17.4. The van der Waals surface area contributed by atoms with E-state index in [1.165, 1.54) is 16.7 Å². The van der Waals surface area contributed by atoms with Gasteiger partial charge in [0.1, 0.15) is 11.5 Å². The second-order valence-corrected chi connectivity index (χ2v) is 13.9. The zero-order chi connectivity index (χ0) is 33.8. The molecule has 4 heterocycles. The summed E-state index contributed by atoms with van der Waals surface area (Å²) in [7, 11) is 9.38. The Morgan fingerprint density at radius 2 is 1.39 bits per heavy atom. The van der Waals surface area contributed by atoms with Crippen molar-refractivity contribution in [1.82, 2.24) is 9.80 Å². The van der Waals surface area contributed by atoms with Crippen molar-refractivity contribution < 1.29 is 28.5 Å². The fourth-order valence-electron chi connectivity index (χ4n) is 7.89. The molecule has 9 rings (SSSR count). The fraction of sp³-hybridized carbons (Fsp3) is 0.390. The van der Waals surface area contributed by atoms with Gasteiger partial charge in [0.15, 0.2) is 28.8 Å². The minimum absolute atomic E-state index is 0.0444. The van der Waals surface area contributed by atoms with Gasteiger partial charge in [-0.15, -0.1) is 0 Å². The van der Waals surface area contributed by atoms with Gasteiger partial charge in [-0.05, 0) is 123 Å². The van der Waals surface area contributed by atoms with Crippen LogP contribution in [0.5, 0.6) is 40.2 Å². The number of benzene rings is 4. The lowest BCUT2D eigenvalue weighted by molar-refractivity contribution is 0.0965. The molecule has 0 spiro atoms. The van der Waals surface area contributed by atoms with Gasteiger partial charge in [-0.3, -0.25) is 14.6 Å². The Morgan fingerprint density at radius 3 is 2.10 bits per heavy atom. The van der Waals surface area contributed by atoms with Crippen LogP contribution in [0.1, 0.15) is 68.7 Å². The first-order valence-electron chi connectivity index (χ1n) is 17.4. The SMILES string of the molecule is COc1cc2c3cc1Oc1c(OC)c(OC)cc4c1[C@@H](Cc1ccc(C(=O)C5CC5)c(c1)Oc1ccc(cc1)C[C@@H]3N(C)CC2)N(C)CC4. The summed E-state index contributed by atoms with van der Waals surface area (Å²) < 4.78 is 31.6. The molecule has 2 atom stereocenters. The molecule has 1 fully saturated rings. The van der Waals surface area contributed by atoms with Gasteiger partial charge in [0.2, 0.25) is 5.75 Å². The third-order valence-electron chi connectivity index (χ3n) is 10.9. The van der Waals surface area contributed by atoms with Crippen LogP contribution >= 0.6 is 0 Å². The Labute approximate surface area is 288 Å². The van der Waals surface area contributed by atoms with Gasteiger partial charge in [0, 0.05) is 36.7 Å². The number of fused-ring (bicyclic) bond motifs is 2. The number of methoxy groups -OCH3 is 3. The molecule has 1 saturated carbocycles. The standard InChI is InChI=1S/C41H44N2O6/c1-42-16-14-27-21-35(45-3)36-23-31(27)32(42)18-24-6-11-29(12-7-24)48-34-20-25(8-13-30(34)39(44)26-9-10-26)19-33-38-28(15-17-43(33)2)22-37(46-4)40(47-5)41(38)49-36/h6-8,11-13,20-23,26,32-33H,9-10,14-19H2,1-5H3/t32-,33+/m0/s1. The van der Waals surface area contributed by atoms with Crippen LogP contribution in [0.4, 0.5) is 0 Å². The summed E-state index contributed by atoms with van der Waals surface area (Å²) in [4.78, 5) is 18.2. The molecule has 5 aliphatic rings. The molecule has 8 heteroatoms. The van der Waals surface area contributed by atoms with E-state index in [2.05, 4.69) is 66.4 Å². The number of nitrogens with zero attached hydrogens (tertiary/aromatic N) is 2. The summed E-state index contributed by atoms with van der Waals surface area (Å²) >= 11 is 0. The number of likely N-dealkylation sites (N-methyl/N-ethyl adjacent to an activating group) is 2. The predicted octanol–water partition coefficient (Wildman–Crippen LogP) is 7.75. The number of carbonyl (C=O) groups excluding carboxylic acids is 1. The normalized spacial score (nSPS) is 20.3. The van der Waals surface area contributed by atoms with E-state index in [4.69, 9.17) is 23.7 Å². The van der Waals surface area contributed by atoms with E-state index in [0.29, 0.717) is 46.5 Å². The second-order valence-electron chi connectivity index (χ2n) is 13.9. The number of hydrogen-bond donors (Lipinski definition) is 0. The molecule has 8 nitrogen and oxygen atoms in total. The van der Waals surface area contributed by atoms with Crippen molar-refractivity contribution in [3.8, 4) is 40.2 Å². The van der Waals surface area contributed by atoms with Crippen molar-refractivity contribution >= 4 is 5.78 Å². The highest BCUT2D eigenvalue weighted by Crippen LogP contribution is 2.52. The molecule has 0 unspecified atom stereocenters. The number of hydrogen-bond acceptors (Lipinski definition) is 8. The van der Waals surface area contributed by atoms with Crippen molar-refractivity contribution in [2.45, 2.75) is 50.6 Å². The van der Waals surface area contributed by atoms with Gasteiger partial charge in [-0.25, -0.2) is 0 Å². The van der Waals surface area contributed by atoms with Crippen molar-refractivity contribution in [1.29, 1.82) is 0 Å². The summed E-state index contributed by atoms with van der Waals surface area (Å²) in [5.74, 6) is 4.77. The summed E-state index contributed by atoms with van der Waals surface area (Å²) in [5, 5.41) is 0. The van der Waals surface area contributed by atoms with Crippen molar-refractivity contribution in [2.75, 3.05) is 48.5 Å². The van der Waals surface area contributed by atoms with Gasteiger partial charge in [0.25, 0.3) is 0 Å². The van der Waals surface area contributed by atoms with Crippen LogP contribution in [0.25, 0.3) is 0 Å². The fourth-order valence-corrected chi connectivity index (χ4v) is 7.89. The number of rotatable bonds is 5. The van der Waals surface area contributed by atoms with E-state index in [0.717, 1.165) is 67.6 Å². The monoisotopic (exact) mass is 660 g/mol. The third-order valence-corrected chi connectivity index (χ3v) is 10.9. The summed E-state index contributed by atoms with van der Waals surface area (Å²) in [6, 6.07) is 20.9. The van der Waals surface area contributed by atoms with Gasteiger partial charge >= 0.3 is 0 Å². The molecular formula is C41H44N2O6. The second kappa shape index (κ2) is 12.7. The summed E-state index contributed by atoms with van der Waals surface area (Å²) in [6.45, 7) is 1.82. The van der Waals surface area contributed by atoms with Crippen LogP contribution < -0.4 is 23.7 Å². The number of ketones is 1. The van der Waals surface area contributed by atoms with Gasteiger partial charge in [0.05, 0.1) is 26.9 Å². The van der Waals surface area contributed by atoms with Crippen LogP contribution in [0.2, 0.25) is 0 Å². The zero-order valence-electron chi connectivity index (χ0n) is 29.0. The zero-order valence-corrected chi connectivity index (χ0v) is 29.0. The molecular weight excluding hydrogens is 616 g/mol. The van der Waals surface area contributed by atoms with Crippen molar-refractivity contribution in [3.05, 3.63) is 99.6 Å². The van der Waals surface area contributed by atoms with E-state index >= 15 is 0 Å². The van der Waals surface area contributed by atoms with Crippen LogP contribution in [-0.2, 0) is 25.7 Å². The van der Waals surface area contributed by atoms with Crippen molar-refractivity contribution in [2.24, 2.45) is 5.92 Å². The molecule has 0 radical (unpaired) electrons. The minimum Gasteiger partial charge on any atom is -0.493 e. The largest absolute Gasteiger partial charge is 0.493 e. The Morgan fingerprint density at radius 1 is 0.714 bits per heavy atom. The van der Waals surface area contributed by atoms with Crippen LogP contribution in [0.3, 0.4) is 0 Å². The Balaban J connectivity index is 1.34. The highest BCUT2D eigenvalue weighted by atomic mass is 16.5. The third kappa shape index (κ3) is 5.81. The molecule has 0 saturated heterocycles. The lowest BCUT2D eigenvalue weighted by Gasteiger charge is -2.37. The first-order chi connectivity index (χ1) is 23.8.